The monoisotopic (exact) mass is 309 g/mol. The van der Waals surface area contributed by atoms with Gasteiger partial charge in [-0.25, -0.2) is 0 Å². The average Bonchev–Trinajstić information content (AvgIpc) is 3.18. The average molecular weight is 309 g/mol. The quantitative estimate of drug-likeness (QED) is 0.687. The number of likely N-dealkylation sites (tertiary alicyclic amines) is 1. The van der Waals surface area contributed by atoms with Crippen molar-refractivity contribution in [2.45, 2.75) is 44.2 Å². The first-order valence-corrected chi connectivity index (χ1v) is 8.32. The smallest absolute Gasteiger partial charge is 0.324 e. The third-order valence-corrected chi connectivity index (χ3v) is 5.27. The molecule has 0 saturated carbocycles. The molecule has 3 rings (SSSR count). The molecule has 1 aromatic heterocycles. The van der Waals surface area contributed by atoms with Crippen LogP contribution in [0.3, 0.4) is 0 Å². The second-order valence-electron chi connectivity index (χ2n) is 5.70. The summed E-state index contributed by atoms with van der Waals surface area (Å²) in [4.78, 5) is 24.9. The second-order valence-corrected chi connectivity index (χ2v) is 6.58. The molecule has 1 N–H and O–H groups in total. The zero-order chi connectivity index (χ0) is 14.8. The zero-order valence-corrected chi connectivity index (χ0v) is 12.6. The Morgan fingerprint density at radius 1 is 1.38 bits per heavy atom. The third kappa shape index (κ3) is 2.94. The van der Waals surface area contributed by atoms with Crippen LogP contribution in [0.25, 0.3) is 0 Å². The molecule has 0 aliphatic carbocycles. The fourth-order valence-corrected chi connectivity index (χ4v) is 4.06. The predicted molar refractivity (Wildman–Crippen MR) is 80.7 cm³/mol. The van der Waals surface area contributed by atoms with Crippen molar-refractivity contribution in [1.29, 1.82) is 0 Å². The molecular weight excluding hydrogens is 290 g/mol. The van der Waals surface area contributed by atoms with Crippen molar-refractivity contribution in [1.82, 2.24) is 10.2 Å². The largest absolute Gasteiger partial charge is 0.334 e. The molecular formula is C14H19N3O3S. The summed E-state index contributed by atoms with van der Waals surface area (Å²) in [5.41, 5.74) is 0.455. The molecule has 2 saturated heterocycles. The number of hydrogen-bond acceptors (Lipinski definition) is 5. The Labute approximate surface area is 127 Å². The summed E-state index contributed by atoms with van der Waals surface area (Å²) < 4.78 is 0. The van der Waals surface area contributed by atoms with Gasteiger partial charge in [0.25, 0.3) is 5.91 Å². The van der Waals surface area contributed by atoms with Gasteiger partial charge in [0, 0.05) is 30.1 Å². The van der Waals surface area contributed by atoms with Crippen LogP contribution in [0.2, 0.25) is 0 Å². The summed E-state index contributed by atoms with van der Waals surface area (Å²) >= 11 is 1.02. The standard InChI is InChI=1S/C14H19N3O3S/c18-14(10-8-13(17(19)20)21-9-10)16-7-2-1-5-12(16)11-4-3-6-15-11/h8-9,11-12,15H,1-7H2. The summed E-state index contributed by atoms with van der Waals surface area (Å²) in [6, 6.07) is 2.01. The highest BCUT2D eigenvalue weighted by Crippen LogP contribution is 2.28. The minimum absolute atomic E-state index is 0.0332. The van der Waals surface area contributed by atoms with Crippen molar-refractivity contribution in [2.24, 2.45) is 0 Å². The molecule has 0 radical (unpaired) electrons. The number of hydrogen-bond donors (Lipinski definition) is 1. The van der Waals surface area contributed by atoms with Crippen molar-refractivity contribution in [2.75, 3.05) is 13.1 Å². The second kappa shape index (κ2) is 6.11. The van der Waals surface area contributed by atoms with E-state index < -0.39 is 4.92 Å². The molecule has 2 aliphatic heterocycles. The summed E-state index contributed by atoms with van der Waals surface area (Å²) in [5, 5.41) is 15.9. The van der Waals surface area contributed by atoms with Crippen LogP contribution in [0.5, 0.6) is 0 Å². The van der Waals surface area contributed by atoms with E-state index in [9.17, 15) is 14.9 Å². The normalized spacial score (nSPS) is 26.0. The van der Waals surface area contributed by atoms with Crippen molar-refractivity contribution in [3.05, 3.63) is 27.1 Å². The molecule has 0 aromatic carbocycles. The Kier molecular flexibility index (Phi) is 4.21. The zero-order valence-electron chi connectivity index (χ0n) is 11.8. The molecule has 0 bridgehead atoms. The van der Waals surface area contributed by atoms with Crippen molar-refractivity contribution in [3.63, 3.8) is 0 Å². The van der Waals surface area contributed by atoms with Gasteiger partial charge in [-0.05, 0) is 38.6 Å². The van der Waals surface area contributed by atoms with Crippen LogP contribution in [0.15, 0.2) is 11.4 Å². The van der Waals surface area contributed by atoms with E-state index in [2.05, 4.69) is 5.32 Å². The molecule has 0 spiro atoms. The van der Waals surface area contributed by atoms with Gasteiger partial charge in [-0.1, -0.05) is 11.3 Å². The first-order chi connectivity index (χ1) is 10.2. The van der Waals surface area contributed by atoms with E-state index in [-0.39, 0.29) is 17.0 Å². The van der Waals surface area contributed by atoms with Crippen molar-refractivity contribution < 1.29 is 9.72 Å². The highest BCUT2D eigenvalue weighted by Gasteiger charge is 2.35. The molecule has 2 unspecified atom stereocenters. The predicted octanol–water partition coefficient (Wildman–Crippen LogP) is 2.40. The first-order valence-electron chi connectivity index (χ1n) is 7.44. The van der Waals surface area contributed by atoms with E-state index in [1.165, 1.54) is 6.07 Å². The minimum Gasteiger partial charge on any atom is -0.334 e. The molecule has 6 nitrogen and oxygen atoms in total. The van der Waals surface area contributed by atoms with Crippen LogP contribution in [-0.2, 0) is 0 Å². The number of piperidine rings is 1. The first kappa shape index (κ1) is 14.5. The Hall–Kier alpha value is -1.47. The molecule has 21 heavy (non-hydrogen) atoms. The number of rotatable bonds is 3. The van der Waals surface area contributed by atoms with E-state index in [0.717, 1.165) is 56.5 Å². The summed E-state index contributed by atoms with van der Waals surface area (Å²) in [6.07, 6.45) is 5.46. The summed E-state index contributed by atoms with van der Waals surface area (Å²) in [5.74, 6) is -0.0576. The van der Waals surface area contributed by atoms with Crippen LogP contribution < -0.4 is 5.32 Å². The minimum atomic E-state index is -0.437. The maximum atomic E-state index is 12.7. The lowest BCUT2D eigenvalue weighted by atomic mass is 9.94. The van der Waals surface area contributed by atoms with Crippen LogP contribution >= 0.6 is 11.3 Å². The third-order valence-electron chi connectivity index (χ3n) is 4.39. The SMILES string of the molecule is O=C(c1csc([N+](=O)[O-])c1)N1CCCCC1C1CCCN1. The number of carbonyl (C=O) groups excluding carboxylic acids is 1. The van der Waals surface area contributed by atoms with E-state index >= 15 is 0 Å². The van der Waals surface area contributed by atoms with E-state index in [1.54, 1.807) is 5.38 Å². The lowest BCUT2D eigenvalue weighted by Crippen LogP contribution is -2.52. The molecule has 114 valence electrons. The molecule has 3 heterocycles. The number of nitrogens with zero attached hydrogens (tertiary/aromatic N) is 2. The van der Waals surface area contributed by atoms with Gasteiger partial charge in [0.05, 0.1) is 10.5 Å². The van der Waals surface area contributed by atoms with Crippen molar-refractivity contribution in [3.8, 4) is 0 Å². The van der Waals surface area contributed by atoms with Crippen LogP contribution in [0.1, 0.15) is 42.5 Å². The molecule has 7 heteroatoms. The van der Waals surface area contributed by atoms with Gasteiger partial charge in [-0.2, -0.15) is 0 Å². The Bertz CT molecular complexity index is 539. The molecule has 1 amide bonds. The van der Waals surface area contributed by atoms with Gasteiger partial charge in [-0.3, -0.25) is 14.9 Å². The Morgan fingerprint density at radius 3 is 2.90 bits per heavy atom. The number of amides is 1. The van der Waals surface area contributed by atoms with E-state index in [4.69, 9.17) is 0 Å². The summed E-state index contributed by atoms with van der Waals surface area (Å²) in [7, 11) is 0. The highest BCUT2D eigenvalue weighted by molar-refractivity contribution is 7.13. The van der Waals surface area contributed by atoms with Gasteiger partial charge in [0.15, 0.2) is 0 Å². The Balaban J connectivity index is 1.78. The number of nitro groups is 1. The van der Waals surface area contributed by atoms with Crippen molar-refractivity contribution >= 4 is 22.2 Å². The van der Waals surface area contributed by atoms with Gasteiger partial charge < -0.3 is 10.2 Å². The van der Waals surface area contributed by atoms with Crippen LogP contribution in [0.4, 0.5) is 5.00 Å². The molecule has 1 aromatic rings. The van der Waals surface area contributed by atoms with Gasteiger partial charge in [0.2, 0.25) is 0 Å². The van der Waals surface area contributed by atoms with Gasteiger partial charge in [-0.15, -0.1) is 0 Å². The van der Waals surface area contributed by atoms with Gasteiger partial charge in [0.1, 0.15) is 0 Å². The highest BCUT2D eigenvalue weighted by atomic mass is 32.1. The lowest BCUT2D eigenvalue weighted by Gasteiger charge is -2.39. The number of carbonyl (C=O) groups is 1. The fraction of sp³-hybridized carbons (Fsp3) is 0.643. The lowest BCUT2D eigenvalue weighted by molar-refractivity contribution is -0.380. The maximum absolute atomic E-state index is 12.7. The topological polar surface area (TPSA) is 75.5 Å². The van der Waals surface area contributed by atoms with E-state index in [0.29, 0.717) is 11.6 Å². The van der Waals surface area contributed by atoms with Crippen LogP contribution in [0, 0.1) is 10.1 Å². The Morgan fingerprint density at radius 2 is 2.24 bits per heavy atom. The van der Waals surface area contributed by atoms with Crippen LogP contribution in [-0.4, -0.2) is 40.9 Å². The number of thiophene rings is 1. The maximum Gasteiger partial charge on any atom is 0.324 e. The molecule has 2 fully saturated rings. The molecule has 2 atom stereocenters. The van der Waals surface area contributed by atoms with Gasteiger partial charge >= 0.3 is 5.00 Å². The summed E-state index contributed by atoms with van der Waals surface area (Å²) in [6.45, 7) is 1.78. The molecule has 2 aliphatic rings. The van der Waals surface area contributed by atoms with E-state index in [1.807, 2.05) is 4.90 Å². The number of nitrogens with one attached hydrogen (secondary N) is 1. The fourth-order valence-electron chi connectivity index (χ4n) is 3.37.